The molecule has 0 fully saturated rings. The topological polar surface area (TPSA) is 21.6 Å². The number of aliphatic imine (C=N–C) groups is 1. The Hall–Kier alpha value is -2.58. The molecule has 25 heavy (non-hydrogen) atoms. The van der Waals surface area contributed by atoms with E-state index in [1.54, 1.807) is 0 Å². The van der Waals surface area contributed by atoms with Crippen molar-refractivity contribution in [1.82, 2.24) is 0 Å². The molecular formula is C22H20ClNO. The van der Waals surface area contributed by atoms with E-state index in [9.17, 15) is 0 Å². The van der Waals surface area contributed by atoms with Crippen LogP contribution in [0.5, 0.6) is 5.75 Å². The fourth-order valence-corrected chi connectivity index (χ4v) is 2.58. The van der Waals surface area contributed by atoms with Gasteiger partial charge in [0.1, 0.15) is 12.4 Å². The van der Waals surface area contributed by atoms with E-state index < -0.39 is 0 Å². The molecule has 0 bridgehead atoms. The molecule has 0 aromatic heterocycles. The molecule has 3 heteroatoms. The van der Waals surface area contributed by atoms with Crippen LogP contribution in [0.4, 0.5) is 0 Å². The summed E-state index contributed by atoms with van der Waals surface area (Å²) in [5, 5.41) is 0.739. The van der Waals surface area contributed by atoms with Gasteiger partial charge in [-0.05, 0) is 47.9 Å². The summed E-state index contributed by atoms with van der Waals surface area (Å²) < 4.78 is 5.86. The van der Waals surface area contributed by atoms with Gasteiger partial charge in [0.05, 0.1) is 6.04 Å². The summed E-state index contributed by atoms with van der Waals surface area (Å²) in [6.45, 7) is 2.62. The molecule has 1 atom stereocenters. The van der Waals surface area contributed by atoms with Crippen molar-refractivity contribution in [1.29, 1.82) is 0 Å². The van der Waals surface area contributed by atoms with E-state index in [2.05, 4.69) is 24.0 Å². The van der Waals surface area contributed by atoms with Crippen LogP contribution in [0.25, 0.3) is 0 Å². The Morgan fingerprint density at radius 1 is 0.960 bits per heavy atom. The summed E-state index contributed by atoms with van der Waals surface area (Å²) >= 11 is 5.93. The molecule has 1 unspecified atom stereocenters. The van der Waals surface area contributed by atoms with Crippen molar-refractivity contribution in [2.45, 2.75) is 19.6 Å². The first-order chi connectivity index (χ1) is 12.2. The summed E-state index contributed by atoms with van der Waals surface area (Å²) in [5.74, 6) is 0.840. The second-order valence-electron chi connectivity index (χ2n) is 5.85. The minimum absolute atomic E-state index is 0.0751. The van der Waals surface area contributed by atoms with Crippen molar-refractivity contribution in [3.8, 4) is 5.75 Å². The molecule has 0 heterocycles. The van der Waals surface area contributed by atoms with Crippen LogP contribution in [0.15, 0.2) is 83.9 Å². The molecule has 0 saturated carbocycles. The number of hydrogen-bond acceptors (Lipinski definition) is 2. The van der Waals surface area contributed by atoms with Crippen molar-refractivity contribution < 1.29 is 4.74 Å². The third-order valence-electron chi connectivity index (χ3n) is 3.91. The van der Waals surface area contributed by atoms with Gasteiger partial charge in [0.25, 0.3) is 0 Å². The Morgan fingerprint density at radius 2 is 1.72 bits per heavy atom. The maximum absolute atomic E-state index is 5.93. The molecule has 3 aromatic rings. The van der Waals surface area contributed by atoms with Crippen molar-refractivity contribution in [3.63, 3.8) is 0 Å². The molecule has 3 aromatic carbocycles. The monoisotopic (exact) mass is 349 g/mol. The largest absolute Gasteiger partial charge is 0.489 e. The predicted octanol–water partition coefficient (Wildman–Crippen LogP) is 6.10. The second-order valence-corrected chi connectivity index (χ2v) is 6.29. The number of hydrogen-bond donors (Lipinski definition) is 0. The van der Waals surface area contributed by atoms with Crippen molar-refractivity contribution in [2.24, 2.45) is 4.99 Å². The fraction of sp³-hybridized carbons (Fsp3) is 0.136. The van der Waals surface area contributed by atoms with E-state index in [4.69, 9.17) is 16.3 Å². The van der Waals surface area contributed by atoms with E-state index in [1.807, 2.05) is 72.9 Å². The molecule has 0 amide bonds. The quantitative estimate of drug-likeness (QED) is 0.493. The van der Waals surface area contributed by atoms with Crippen LogP contribution in [-0.2, 0) is 6.61 Å². The molecule has 0 aliphatic carbocycles. The molecular weight excluding hydrogens is 330 g/mol. The van der Waals surface area contributed by atoms with Gasteiger partial charge in [-0.15, -0.1) is 0 Å². The lowest BCUT2D eigenvalue weighted by molar-refractivity contribution is 0.306. The van der Waals surface area contributed by atoms with Gasteiger partial charge < -0.3 is 4.74 Å². The highest BCUT2D eigenvalue weighted by molar-refractivity contribution is 6.30. The normalized spacial score (nSPS) is 12.2. The molecule has 2 nitrogen and oxygen atoms in total. The molecule has 0 spiro atoms. The fourth-order valence-electron chi connectivity index (χ4n) is 2.45. The Balaban J connectivity index is 1.63. The van der Waals surface area contributed by atoms with E-state index in [1.165, 1.54) is 0 Å². The maximum atomic E-state index is 5.93. The van der Waals surface area contributed by atoms with Crippen LogP contribution in [-0.4, -0.2) is 6.21 Å². The lowest BCUT2D eigenvalue weighted by atomic mass is 10.1. The number of benzene rings is 3. The van der Waals surface area contributed by atoms with Crippen LogP contribution in [0.1, 0.15) is 29.7 Å². The maximum Gasteiger partial charge on any atom is 0.120 e. The van der Waals surface area contributed by atoms with Crippen molar-refractivity contribution in [2.75, 3.05) is 0 Å². The first-order valence-electron chi connectivity index (χ1n) is 8.26. The molecule has 3 rings (SSSR count). The van der Waals surface area contributed by atoms with Gasteiger partial charge in [-0.25, -0.2) is 0 Å². The number of rotatable bonds is 6. The number of ether oxygens (including phenoxy) is 1. The zero-order valence-electron chi connectivity index (χ0n) is 14.1. The van der Waals surface area contributed by atoms with Gasteiger partial charge >= 0.3 is 0 Å². The van der Waals surface area contributed by atoms with E-state index >= 15 is 0 Å². The van der Waals surface area contributed by atoms with Gasteiger partial charge in [-0.3, -0.25) is 4.99 Å². The van der Waals surface area contributed by atoms with E-state index in [-0.39, 0.29) is 6.04 Å². The molecule has 0 aliphatic rings. The average Bonchev–Trinajstić information content (AvgIpc) is 2.66. The van der Waals surface area contributed by atoms with Gasteiger partial charge in [-0.1, -0.05) is 66.2 Å². The molecule has 0 saturated heterocycles. The highest BCUT2D eigenvalue weighted by atomic mass is 35.5. The minimum atomic E-state index is 0.0751. The Labute approximate surface area is 153 Å². The summed E-state index contributed by atoms with van der Waals surface area (Å²) in [7, 11) is 0. The van der Waals surface area contributed by atoms with Crippen LogP contribution >= 0.6 is 11.6 Å². The lowest BCUT2D eigenvalue weighted by Crippen LogP contribution is -1.96. The minimum Gasteiger partial charge on any atom is -0.489 e. The van der Waals surface area contributed by atoms with Crippen LogP contribution < -0.4 is 4.74 Å². The SMILES string of the molecule is CC(/N=C/c1cccc(OCc2ccccc2)c1)c1ccc(Cl)cc1. The summed E-state index contributed by atoms with van der Waals surface area (Å²) in [4.78, 5) is 4.63. The number of halogens is 1. The zero-order chi connectivity index (χ0) is 17.5. The molecule has 0 aliphatic heterocycles. The first-order valence-corrected chi connectivity index (χ1v) is 8.64. The standard InChI is InChI=1S/C22H20ClNO/c1-17(20-10-12-21(23)13-11-20)24-15-19-8-5-9-22(14-19)25-16-18-6-3-2-4-7-18/h2-15,17H,16H2,1H3/b24-15+. The van der Waals surface area contributed by atoms with E-state index in [0.717, 1.165) is 27.5 Å². The summed E-state index contributed by atoms with van der Waals surface area (Å²) in [6, 6.07) is 26.0. The zero-order valence-corrected chi connectivity index (χ0v) is 14.9. The molecule has 0 N–H and O–H groups in total. The van der Waals surface area contributed by atoms with Gasteiger partial charge in [-0.2, -0.15) is 0 Å². The summed E-state index contributed by atoms with van der Waals surface area (Å²) in [6.07, 6.45) is 1.88. The van der Waals surface area contributed by atoms with Crippen molar-refractivity contribution >= 4 is 17.8 Å². The molecule has 0 radical (unpaired) electrons. The van der Waals surface area contributed by atoms with Crippen LogP contribution in [0.3, 0.4) is 0 Å². The van der Waals surface area contributed by atoms with Gasteiger partial charge in [0.2, 0.25) is 0 Å². The van der Waals surface area contributed by atoms with Gasteiger partial charge in [0.15, 0.2) is 0 Å². The van der Waals surface area contributed by atoms with Crippen molar-refractivity contribution in [3.05, 3.63) is 101 Å². The van der Waals surface area contributed by atoms with Gasteiger partial charge in [0, 0.05) is 11.2 Å². The Bertz CT molecular complexity index is 828. The highest BCUT2D eigenvalue weighted by Gasteiger charge is 2.02. The second kappa shape index (κ2) is 8.50. The lowest BCUT2D eigenvalue weighted by Gasteiger charge is -2.08. The third-order valence-corrected chi connectivity index (χ3v) is 4.16. The smallest absolute Gasteiger partial charge is 0.120 e. The predicted molar refractivity (Wildman–Crippen MR) is 105 cm³/mol. The van der Waals surface area contributed by atoms with Crippen LogP contribution in [0, 0.1) is 0 Å². The van der Waals surface area contributed by atoms with Crippen LogP contribution in [0.2, 0.25) is 5.02 Å². The van der Waals surface area contributed by atoms with E-state index in [0.29, 0.717) is 6.61 Å². The Morgan fingerprint density at radius 3 is 2.48 bits per heavy atom. The number of nitrogens with zero attached hydrogens (tertiary/aromatic N) is 1. The Kier molecular flexibility index (Phi) is 5.86. The third kappa shape index (κ3) is 5.20. The highest BCUT2D eigenvalue weighted by Crippen LogP contribution is 2.20. The molecule has 126 valence electrons. The first kappa shape index (κ1) is 17.2. The summed E-state index contributed by atoms with van der Waals surface area (Å²) in [5.41, 5.74) is 3.31. The average molecular weight is 350 g/mol.